The van der Waals surface area contributed by atoms with Crippen molar-refractivity contribution in [3.05, 3.63) is 23.8 Å². The summed E-state index contributed by atoms with van der Waals surface area (Å²) >= 11 is 0. The second-order valence-corrected chi connectivity index (χ2v) is 5.65. The van der Waals surface area contributed by atoms with E-state index in [4.69, 9.17) is 9.31 Å². The highest BCUT2D eigenvalue weighted by Gasteiger charge is 2.53. The molecule has 0 amide bonds. The molecule has 0 radical (unpaired) electrons. The van der Waals surface area contributed by atoms with Crippen LogP contribution in [0.25, 0.3) is 0 Å². The number of aromatic nitrogens is 1. The molecule has 1 aromatic rings. The molecule has 1 aromatic heterocycles. The molecule has 0 atom stereocenters. The molecule has 0 aromatic carbocycles. The second kappa shape index (κ2) is 4.43. The van der Waals surface area contributed by atoms with Gasteiger partial charge in [0, 0.05) is 11.7 Å². The molecule has 1 saturated heterocycles. The topological polar surface area (TPSA) is 31.4 Å². The third kappa shape index (κ3) is 2.42. The van der Waals surface area contributed by atoms with Crippen LogP contribution < -0.4 is 5.46 Å². The van der Waals surface area contributed by atoms with Gasteiger partial charge in [-0.25, -0.2) is 9.37 Å². The van der Waals surface area contributed by atoms with Crippen LogP contribution in [0.3, 0.4) is 0 Å². The largest absolute Gasteiger partial charge is 0.497 e. The fourth-order valence-electron chi connectivity index (χ4n) is 1.81. The molecule has 1 aliphatic heterocycles. The Hall–Kier alpha value is -1.15. The van der Waals surface area contributed by atoms with Gasteiger partial charge in [0.25, 0.3) is 0 Å². The Morgan fingerprint density at radius 3 is 2.05 bits per heavy atom. The average molecular weight is 291 g/mol. The van der Waals surface area contributed by atoms with E-state index < -0.39 is 36.0 Å². The van der Waals surface area contributed by atoms with E-state index in [1.807, 2.05) is 0 Å². The van der Waals surface area contributed by atoms with Gasteiger partial charge in [0.05, 0.1) is 11.2 Å². The minimum atomic E-state index is -4.86. The highest BCUT2D eigenvalue weighted by atomic mass is 19.4. The summed E-state index contributed by atoms with van der Waals surface area (Å²) in [5.41, 5.74) is -3.38. The first-order valence-electron chi connectivity index (χ1n) is 6.03. The quantitative estimate of drug-likeness (QED) is 0.588. The Balaban J connectivity index is 2.42. The lowest BCUT2D eigenvalue weighted by Crippen LogP contribution is -2.41. The van der Waals surface area contributed by atoms with Crippen LogP contribution in [-0.2, 0) is 15.5 Å². The summed E-state index contributed by atoms with van der Waals surface area (Å²) in [6, 6.07) is 1.13. The Morgan fingerprint density at radius 1 is 1.10 bits per heavy atom. The predicted octanol–water partition coefficient (Wildman–Crippen LogP) is 2.54. The summed E-state index contributed by atoms with van der Waals surface area (Å²) in [6.45, 7) is 6.93. The van der Waals surface area contributed by atoms with E-state index >= 15 is 0 Å². The first kappa shape index (κ1) is 15.2. The first-order chi connectivity index (χ1) is 8.96. The van der Waals surface area contributed by atoms with Crippen LogP contribution in [-0.4, -0.2) is 23.3 Å². The molecule has 0 aliphatic carbocycles. The molecule has 0 bridgehead atoms. The minimum absolute atomic E-state index is 0.300. The van der Waals surface area contributed by atoms with Crippen molar-refractivity contribution in [2.45, 2.75) is 45.1 Å². The van der Waals surface area contributed by atoms with Gasteiger partial charge in [-0.3, -0.25) is 0 Å². The summed E-state index contributed by atoms with van der Waals surface area (Å²) < 4.78 is 63.0. The van der Waals surface area contributed by atoms with Crippen molar-refractivity contribution >= 4 is 12.6 Å². The van der Waals surface area contributed by atoms with E-state index in [0.717, 1.165) is 12.3 Å². The van der Waals surface area contributed by atoms with E-state index in [9.17, 15) is 17.6 Å². The smallest absolute Gasteiger partial charge is 0.399 e. The van der Waals surface area contributed by atoms with E-state index in [-0.39, 0.29) is 5.46 Å². The minimum Gasteiger partial charge on any atom is -0.399 e. The Morgan fingerprint density at radius 2 is 1.60 bits per heavy atom. The van der Waals surface area contributed by atoms with E-state index in [0.29, 0.717) is 0 Å². The molecular formula is C12H14BF4NO2. The molecule has 20 heavy (non-hydrogen) atoms. The maximum Gasteiger partial charge on any atom is 0.497 e. The number of hydrogen-bond acceptors (Lipinski definition) is 3. The van der Waals surface area contributed by atoms with Crippen LogP contribution in [0.1, 0.15) is 33.4 Å². The monoisotopic (exact) mass is 291 g/mol. The standard InChI is InChI=1S/C12H14BF4NO2/c1-10(2)11(3,4)20-13(19-10)7-5-6-18-9(8(7)14)12(15,16)17/h5-6H,1-4H3. The molecule has 0 unspecified atom stereocenters. The van der Waals surface area contributed by atoms with Crippen LogP contribution in [0.15, 0.2) is 12.3 Å². The number of hydrogen-bond donors (Lipinski definition) is 0. The van der Waals surface area contributed by atoms with E-state index in [1.165, 1.54) is 0 Å². The number of pyridine rings is 1. The molecule has 8 heteroatoms. The Labute approximate surface area is 114 Å². The molecule has 1 fully saturated rings. The molecule has 1 aliphatic rings. The second-order valence-electron chi connectivity index (χ2n) is 5.65. The molecule has 0 saturated carbocycles. The first-order valence-corrected chi connectivity index (χ1v) is 6.03. The van der Waals surface area contributed by atoms with Crippen LogP contribution in [0, 0.1) is 5.82 Å². The lowest BCUT2D eigenvalue weighted by Gasteiger charge is -2.32. The van der Waals surface area contributed by atoms with Gasteiger partial charge in [0.1, 0.15) is 0 Å². The normalized spacial score (nSPS) is 21.3. The summed E-state index contributed by atoms with van der Waals surface area (Å²) in [5.74, 6) is -1.46. The summed E-state index contributed by atoms with van der Waals surface area (Å²) in [6.07, 6.45) is -3.96. The lowest BCUT2D eigenvalue weighted by molar-refractivity contribution is -0.143. The molecule has 2 heterocycles. The average Bonchev–Trinajstić information content (AvgIpc) is 2.46. The Kier molecular flexibility index (Phi) is 3.37. The number of nitrogens with zero attached hydrogens (tertiary/aromatic N) is 1. The fraction of sp³-hybridized carbons (Fsp3) is 0.583. The summed E-state index contributed by atoms with van der Waals surface area (Å²) in [7, 11) is -1.19. The third-order valence-corrected chi connectivity index (χ3v) is 3.69. The molecule has 0 N–H and O–H groups in total. The summed E-state index contributed by atoms with van der Waals surface area (Å²) in [5, 5.41) is 0. The van der Waals surface area contributed by atoms with Crippen LogP contribution >= 0.6 is 0 Å². The number of rotatable bonds is 1. The zero-order valence-corrected chi connectivity index (χ0v) is 11.5. The number of alkyl halides is 3. The van der Waals surface area contributed by atoms with Crippen molar-refractivity contribution < 1.29 is 26.9 Å². The van der Waals surface area contributed by atoms with Gasteiger partial charge in [-0.15, -0.1) is 0 Å². The van der Waals surface area contributed by atoms with Gasteiger partial charge in [-0.1, -0.05) is 0 Å². The Bertz CT molecular complexity index is 515. The third-order valence-electron chi connectivity index (χ3n) is 3.69. The maximum atomic E-state index is 14.0. The van der Waals surface area contributed by atoms with Crippen molar-refractivity contribution in [2.75, 3.05) is 0 Å². The van der Waals surface area contributed by atoms with Crippen LogP contribution in [0.4, 0.5) is 17.6 Å². The number of halogens is 4. The van der Waals surface area contributed by atoms with Crippen LogP contribution in [0.2, 0.25) is 0 Å². The molecule has 2 rings (SSSR count). The molecule has 3 nitrogen and oxygen atoms in total. The van der Waals surface area contributed by atoms with Crippen molar-refractivity contribution in [1.82, 2.24) is 4.98 Å². The maximum absolute atomic E-state index is 14.0. The van der Waals surface area contributed by atoms with Gasteiger partial charge in [-0.05, 0) is 33.8 Å². The van der Waals surface area contributed by atoms with Crippen LogP contribution in [0.5, 0.6) is 0 Å². The highest BCUT2D eigenvalue weighted by Crippen LogP contribution is 2.37. The van der Waals surface area contributed by atoms with Crippen molar-refractivity contribution in [3.8, 4) is 0 Å². The molecule has 110 valence electrons. The zero-order chi connectivity index (χ0) is 15.3. The highest BCUT2D eigenvalue weighted by molar-refractivity contribution is 6.62. The predicted molar refractivity (Wildman–Crippen MR) is 64.9 cm³/mol. The van der Waals surface area contributed by atoms with E-state index in [1.54, 1.807) is 27.7 Å². The lowest BCUT2D eigenvalue weighted by atomic mass is 9.79. The van der Waals surface area contributed by atoms with Gasteiger partial charge in [0.15, 0.2) is 11.5 Å². The van der Waals surface area contributed by atoms with Gasteiger partial charge < -0.3 is 9.31 Å². The van der Waals surface area contributed by atoms with Crippen molar-refractivity contribution in [3.63, 3.8) is 0 Å². The zero-order valence-electron chi connectivity index (χ0n) is 11.5. The molecule has 0 spiro atoms. The van der Waals surface area contributed by atoms with Crippen molar-refractivity contribution in [2.24, 2.45) is 0 Å². The van der Waals surface area contributed by atoms with Gasteiger partial charge in [-0.2, -0.15) is 13.2 Å². The van der Waals surface area contributed by atoms with E-state index in [2.05, 4.69) is 4.98 Å². The van der Waals surface area contributed by atoms with Gasteiger partial charge in [0.2, 0.25) is 0 Å². The van der Waals surface area contributed by atoms with Crippen molar-refractivity contribution in [1.29, 1.82) is 0 Å². The summed E-state index contributed by atoms with van der Waals surface area (Å²) in [4.78, 5) is 3.04. The van der Waals surface area contributed by atoms with Gasteiger partial charge >= 0.3 is 13.3 Å². The molecular weight excluding hydrogens is 277 g/mol. The fourth-order valence-corrected chi connectivity index (χ4v) is 1.81. The SMILES string of the molecule is CC1(C)OB(c2ccnc(C(F)(F)F)c2F)OC1(C)C.